The maximum Gasteiger partial charge on any atom is 0.195 e. The van der Waals surface area contributed by atoms with Crippen LogP contribution in [0, 0.1) is 0 Å². The Balaban J connectivity index is 2.14. The van der Waals surface area contributed by atoms with Gasteiger partial charge in [-0.15, -0.1) is 0 Å². The van der Waals surface area contributed by atoms with Gasteiger partial charge in [-0.25, -0.2) is 0 Å². The number of rotatable bonds is 1. The third-order valence-corrected chi connectivity index (χ3v) is 3.21. The van der Waals surface area contributed by atoms with E-state index < -0.39 is 5.79 Å². The van der Waals surface area contributed by atoms with E-state index in [1.54, 1.807) is 0 Å². The number of carbonyl (C=O) groups is 1. The van der Waals surface area contributed by atoms with Gasteiger partial charge in [0.05, 0.1) is 13.2 Å². The number of carbonyl (C=O) groups excluding carboxylic acids is 1. The second-order valence-electron chi connectivity index (χ2n) is 3.94. The topological polar surface area (TPSA) is 35.5 Å². The molecule has 1 spiro atoms. The summed E-state index contributed by atoms with van der Waals surface area (Å²) in [6.07, 6.45) is 2.60. The van der Waals surface area contributed by atoms with Gasteiger partial charge in [-0.2, -0.15) is 0 Å². The SMILES string of the molecule is O=Cc1cccc2c1CCC21OCCO1. The van der Waals surface area contributed by atoms with Gasteiger partial charge in [0.15, 0.2) is 5.79 Å². The van der Waals surface area contributed by atoms with E-state index in [1.807, 2.05) is 18.2 Å². The molecular weight excluding hydrogens is 192 g/mol. The molecule has 2 aliphatic rings. The number of ether oxygens (including phenoxy) is 2. The van der Waals surface area contributed by atoms with E-state index in [1.165, 1.54) is 0 Å². The predicted molar refractivity (Wildman–Crippen MR) is 53.7 cm³/mol. The molecule has 1 aliphatic carbocycles. The van der Waals surface area contributed by atoms with Gasteiger partial charge in [-0.05, 0) is 12.0 Å². The Morgan fingerprint density at radius 3 is 2.80 bits per heavy atom. The second kappa shape index (κ2) is 3.15. The number of hydrogen-bond acceptors (Lipinski definition) is 3. The quantitative estimate of drug-likeness (QED) is 0.652. The third-order valence-electron chi connectivity index (χ3n) is 3.21. The minimum atomic E-state index is -0.547. The van der Waals surface area contributed by atoms with Gasteiger partial charge < -0.3 is 9.47 Å². The highest BCUT2D eigenvalue weighted by atomic mass is 16.7. The van der Waals surface area contributed by atoms with Crippen molar-refractivity contribution in [3.63, 3.8) is 0 Å². The molecule has 1 fully saturated rings. The Morgan fingerprint density at radius 1 is 1.27 bits per heavy atom. The maximum atomic E-state index is 10.9. The first-order chi connectivity index (χ1) is 7.36. The maximum absolute atomic E-state index is 10.9. The van der Waals surface area contributed by atoms with E-state index in [9.17, 15) is 4.79 Å². The zero-order chi connectivity index (χ0) is 10.3. The summed E-state index contributed by atoms with van der Waals surface area (Å²) in [6.45, 7) is 1.29. The largest absolute Gasteiger partial charge is 0.343 e. The van der Waals surface area contributed by atoms with Crippen LogP contribution >= 0.6 is 0 Å². The van der Waals surface area contributed by atoms with Crippen LogP contribution in [0.4, 0.5) is 0 Å². The summed E-state index contributed by atoms with van der Waals surface area (Å²) in [6, 6.07) is 5.74. The van der Waals surface area contributed by atoms with Gasteiger partial charge in [-0.3, -0.25) is 4.79 Å². The van der Waals surface area contributed by atoms with Crippen molar-refractivity contribution in [1.82, 2.24) is 0 Å². The van der Waals surface area contributed by atoms with Crippen LogP contribution in [0.15, 0.2) is 18.2 Å². The fourth-order valence-electron chi connectivity index (χ4n) is 2.53. The van der Waals surface area contributed by atoms with Crippen molar-refractivity contribution in [2.45, 2.75) is 18.6 Å². The Bertz CT molecular complexity index is 405. The summed E-state index contributed by atoms with van der Waals surface area (Å²) >= 11 is 0. The van der Waals surface area contributed by atoms with Crippen molar-refractivity contribution < 1.29 is 14.3 Å². The number of fused-ring (bicyclic) bond motifs is 2. The molecular formula is C12H12O3. The fourth-order valence-corrected chi connectivity index (χ4v) is 2.53. The number of benzene rings is 1. The van der Waals surface area contributed by atoms with E-state index >= 15 is 0 Å². The van der Waals surface area contributed by atoms with Gasteiger partial charge >= 0.3 is 0 Å². The van der Waals surface area contributed by atoms with Gasteiger partial charge in [0.1, 0.15) is 6.29 Å². The van der Waals surface area contributed by atoms with Gasteiger partial charge in [0.2, 0.25) is 0 Å². The molecule has 3 rings (SSSR count). The molecule has 3 nitrogen and oxygen atoms in total. The summed E-state index contributed by atoms with van der Waals surface area (Å²) < 4.78 is 11.4. The molecule has 78 valence electrons. The molecule has 0 amide bonds. The minimum Gasteiger partial charge on any atom is -0.343 e. The summed E-state index contributed by atoms with van der Waals surface area (Å²) in [5.74, 6) is -0.547. The zero-order valence-electron chi connectivity index (χ0n) is 8.36. The highest BCUT2D eigenvalue weighted by Gasteiger charge is 2.44. The minimum absolute atomic E-state index is 0.547. The second-order valence-corrected chi connectivity index (χ2v) is 3.94. The van der Waals surface area contributed by atoms with Crippen LogP contribution in [-0.4, -0.2) is 19.5 Å². The average Bonchev–Trinajstić information content (AvgIpc) is 2.89. The van der Waals surface area contributed by atoms with E-state index in [2.05, 4.69) is 0 Å². The molecule has 1 aromatic rings. The van der Waals surface area contributed by atoms with Crippen molar-refractivity contribution in [2.75, 3.05) is 13.2 Å². The molecule has 0 N–H and O–H groups in total. The molecule has 1 aromatic carbocycles. The first kappa shape index (κ1) is 9.07. The van der Waals surface area contributed by atoms with Crippen LogP contribution in [0.3, 0.4) is 0 Å². The normalized spacial score (nSPS) is 21.9. The molecule has 1 heterocycles. The predicted octanol–water partition coefficient (Wildman–Crippen LogP) is 1.64. The summed E-state index contributed by atoms with van der Waals surface area (Å²) in [5.41, 5.74) is 2.91. The van der Waals surface area contributed by atoms with Crippen LogP contribution in [-0.2, 0) is 21.7 Å². The summed E-state index contributed by atoms with van der Waals surface area (Å²) in [7, 11) is 0. The Morgan fingerprint density at radius 2 is 2.07 bits per heavy atom. The lowest BCUT2D eigenvalue weighted by Gasteiger charge is -2.22. The molecule has 0 unspecified atom stereocenters. The molecule has 0 atom stereocenters. The Labute approximate surface area is 88.0 Å². The molecule has 0 aromatic heterocycles. The highest BCUT2D eigenvalue weighted by Crippen LogP contribution is 2.44. The van der Waals surface area contributed by atoms with E-state index in [4.69, 9.17) is 9.47 Å². The monoisotopic (exact) mass is 204 g/mol. The lowest BCUT2D eigenvalue weighted by Crippen LogP contribution is -2.23. The molecule has 1 saturated heterocycles. The standard InChI is InChI=1S/C12H12O3/c13-8-9-2-1-3-11-10(9)4-5-12(11)14-6-7-15-12/h1-3,8H,4-7H2. The smallest absolute Gasteiger partial charge is 0.195 e. The third kappa shape index (κ3) is 1.17. The van der Waals surface area contributed by atoms with Crippen LogP contribution in [0.2, 0.25) is 0 Å². The van der Waals surface area contributed by atoms with Crippen LogP contribution in [0.1, 0.15) is 27.9 Å². The Hall–Kier alpha value is -1.19. The Kier molecular flexibility index (Phi) is 1.90. The van der Waals surface area contributed by atoms with E-state index in [0.717, 1.165) is 35.8 Å². The van der Waals surface area contributed by atoms with Crippen molar-refractivity contribution in [1.29, 1.82) is 0 Å². The highest BCUT2D eigenvalue weighted by molar-refractivity contribution is 5.78. The number of aldehydes is 1. The number of hydrogen-bond donors (Lipinski definition) is 0. The van der Waals surface area contributed by atoms with Crippen LogP contribution in [0.5, 0.6) is 0 Å². The van der Waals surface area contributed by atoms with Crippen LogP contribution < -0.4 is 0 Å². The van der Waals surface area contributed by atoms with Crippen molar-refractivity contribution in [3.05, 3.63) is 34.9 Å². The first-order valence-corrected chi connectivity index (χ1v) is 5.21. The lowest BCUT2D eigenvalue weighted by molar-refractivity contribution is -0.163. The molecule has 0 saturated carbocycles. The van der Waals surface area contributed by atoms with Crippen molar-refractivity contribution in [2.24, 2.45) is 0 Å². The summed E-state index contributed by atoms with van der Waals surface area (Å²) in [4.78, 5) is 10.9. The molecule has 15 heavy (non-hydrogen) atoms. The molecule has 0 radical (unpaired) electrons. The average molecular weight is 204 g/mol. The van der Waals surface area contributed by atoms with Crippen molar-refractivity contribution in [3.8, 4) is 0 Å². The lowest BCUT2D eigenvalue weighted by atomic mass is 10.0. The van der Waals surface area contributed by atoms with E-state index in [-0.39, 0.29) is 0 Å². The zero-order valence-corrected chi connectivity index (χ0v) is 8.36. The van der Waals surface area contributed by atoms with Gasteiger partial charge in [-0.1, -0.05) is 18.2 Å². The van der Waals surface area contributed by atoms with Crippen molar-refractivity contribution >= 4 is 6.29 Å². The molecule has 0 bridgehead atoms. The fraction of sp³-hybridized carbons (Fsp3) is 0.417. The molecule has 1 aliphatic heterocycles. The van der Waals surface area contributed by atoms with Gasteiger partial charge in [0, 0.05) is 17.5 Å². The summed E-state index contributed by atoms with van der Waals surface area (Å²) in [5, 5.41) is 0. The van der Waals surface area contributed by atoms with Gasteiger partial charge in [0.25, 0.3) is 0 Å². The molecule has 3 heteroatoms. The van der Waals surface area contributed by atoms with E-state index in [0.29, 0.717) is 13.2 Å². The first-order valence-electron chi connectivity index (χ1n) is 5.21. The van der Waals surface area contributed by atoms with Crippen LogP contribution in [0.25, 0.3) is 0 Å².